The van der Waals surface area contributed by atoms with Crippen LogP contribution in [0.4, 0.5) is 5.69 Å². The van der Waals surface area contributed by atoms with E-state index in [9.17, 15) is 13.2 Å². The summed E-state index contributed by atoms with van der Waals surface area (Å²) in [7, 11) is -1.86. The zero-order chi connectivity index (χ0) is 19.8. The summed E-state index contributed by atoms with van der Waals surface area (Å²) in [4.78, 5) is 12.7. The molecule has 1 N–H and O–H groups in total. The first-order chi connectivity index (χ1) is 12.6. The normalized spacial score (nSPS) is 18.1. The van der Waals surface area contributed by atoms with Crippen molar-refractivity contribution in [2.75, 3.05) is 17.6 Å². The van der Waals surface area contributed by atoms with Gasteiger partial charge in [-0.05, 0) is 44.2 Å². The van der Waals surface area contributed by atoms with Gasteiger partial charge in [0.05, 0.1) is 18.0 Å². The summed E-state index contributed by atoms with van der Waals surface area (Å²) in [5, 5.41) is 3.08. The molecule has 0 radical (unpaired) electrons. The van der Waals surface area contributed by atoms with Crippen molar-refractivity contribution in [2.45, 2.75) is 31.9 Å². The van der Waals surface area contributed by atoms with Crippen molar-refractivity contribution in [1.82, 2.24) is 5.32 Å². The van der Waals surface area contributed by atoms with Crippen LogP contribution in [0.5, 0.6) is 5.75 Å². The molecule has 0 spiro atoms. The third-order valence-electron chi connectivity index (χ3n) is 4.67. The number of ether oxygens (including phenoxy) is 1. The molecule has 1 amide bonds. The van der Waals surface area contributed by atoms with Crippen molar-refractivity contribution in [2.24, 2.45) is 0 Å². The topological polar surface area (TPSA) is 75.7 Å². The number of carbonyl (C=O) groups is 1. The van der Waals surface area contributed by atoms with E-state index in [0.29, 0.717) is 17.7 Å². The molecule has 1 aliphatic rings. The summed E-state index contributed by atoms with van der Waals surface area (Å²) in [5.41, 5.74) is 1.56. The number of hydrogen-bond acceptors (Lipinski definition) is 4. The highest BCUT2D eigenvalue weighted by Crippen LogP contribution is 2.39. The van der Waals surface area contributed by atoms with Gasteiger partial charge in [-0.1, -0.05) is 18.2 Å². The van der Waals surface area contributed by atoms with E-state index in [2.05, 4.69) is 5.32 Å². The van der Waals surface area contributed by atoms with Crippen LogP contribution in [0.3, 0.4) is 0 Å². The molecule has 2 aromatic carbocycles. The monoisotopic (exact) mass is 388 g/mol. The molecule has 0 aliphatic carbocycles. The number of amides is 1. The largest absolute Gasteiger partial charge is 0.487 e. The van der Waals surface area contributed by atoms with E-state index in [1.54, 1.807) is 24.3 Å². The lowest BCUT2D eigenvalue weighted by Gasteiger charge is -2.37. The van der Waals surface area contributed by atoms with Gasteiger partial charge in [0, 0.05) is 24.6 Å². The molecule has 1 atom stereocenters. The number of carbonyl (C=O) groups excluding carboxylic acids is 1. The minimum absolute atomic E-state index is 0.157. The Morgan fingerprint density at radius 3 is 2.41 bits per heavy atom. The Labute approximate surface area is 160 Å². The van der Waals surface area contributed by atoms with E-state index in [-0.39, 0.29) is 17.6 Å². The SMILES string of the molecule is CN(c1ccc(C(=O)N[C@@H]2CC(C)(C)Oc3ccccc32)cc1)S(C)(=O)=O. The lowest BCUT2D eigenvalue weighted by Crippen LogP contribution is -2.41. The van der Waals surface area contributed by atoms with Crippen molar-refractivity contribution in [1.29, 1.82) is 0 Å². The molecule has 7 heteroatoms. The van der Waals surface area contributed by atoms with Gasteiger partial charge in [-0.25, -0.2) is 8.42 Å². The summed E-state index contributed by atoms with van der Waals surface area (Å²) in [6.45, 7) is 4.00. The Morgan fingerprint density at radius 2 is 1.78 bits per heavy atom. The molecule has 0 aromatic heterocycles. The van der Waals surface area contributed by atoms with Gasteiger partial charge in [0.25, 0.3) is 5.91 Å². The second kappa shape index (κ2) is 6.88. The van der Waals surface area contributed by atoms with Crippen molar-refractivity contribution < 1.29 is 17.9 Å². The van der Waals surface area contributed by atoms with Crippen LogP contribution >= 0.6 is 0 Å². The zero-order valence-corrected chi connectivity index (χ0v) is 16.7. The van der Waals surface area contributed by atoms with Gasteiger partial charge >= 0.3 is 0 Å². The molecule has 0 fully saturated rings. The second-order valence-corrected chi connectivity index (χ2v) is 9.42. The highest BCUT2D eigenvalue weighted by Gasteiger charge is 2.34. The van der Waals surface area contributed by atoms with Crippen molar-refractivity contribution >= 4 is 21.6 Å². The Bertz CT molecular complexity index is 952. The minimum Gasteiger partial charge on any atom is -0.487 e. The quantitative estimate of drug-likeness (QED) is 0.873. The molecule has 6 nitrogen and oxygen atoms in total. The maximum Gasteiger partial charge on any atom is 0.251 e. The van der Waals surface area contributed by atoms with Crippen LogP contribution in [0.25, 0.3) is 0 Å². The van der Waals surface area contributed by atoms with Crippen LogP contribution in [0, 0.1) is 0 Å². The van der Waals surface area contributed by atoms with Gasteiger partial charge in [-0.3, -0.25) is 9.10 Å². The lowest BCUT2D eigenvalue weighted by atomic mass is 9.89. The van der Waals surface area contributed by atoms with Crippen molar-refractivity contribution in [3.8, 4) is 5.75 Å². The zero-order valence-electron chi connectivity index (χ0n) is 15.9. The molecule has 0 saturated carbocycles. The molecule has 0 unspecified atom stereocenters. The average Bonchev–Trinajstić information content (AvgIpc) is 2.59. The number of nitrogens with zero attached hydrogens (tertiary/aromatic N) is 1. The number of hydrogen-bond donors (Lipinski definition) is 1. The fourth-order valence-corrected chi connectivity index (χ4v) is 3.69. The summed E-state index contributed by atoms with van der Waals surface area (Å²) in [5.74, 6) is 0.574. The number of para-hydroxylation sites is 1. The van der Waals surface area contributed by atoms with E-state index in [1.807, 2.05) is 38.1 Å². The summed E-state index contributed by atoms with van der Waals surface area (Å²) < 4.78 is 30.4. The van der Waals surface area contributed by atoms with E-state index in [0.717, 1.165) is 17.6 Å². The molecular formula is C20H24N2O4S. The molecule has 3 rings (SSSR count). The van der Waals surface area contributed by atoms with Gasteiger partial charge in [0.1, 0.15) is 11.4 Å². The summed E-state index contributed by atoms with van der Waals surface area (Å²) in [6.07, 6.45) is 1.79. The molecule has 27 heavy (non-hydrogen) atoms. The molecule has 1 heterocycles. The smallest absolute Gasteiger partial charge is 0.251 e. The summed E-state index contributed by atoms with van der Waals surface area (Å²) in [6, 6.07) is 14.0. The fourth-order valence-electron chi connectivity index (χ4n) is 3.19. The Balaban J connectivity index is 1.80. The van der Waals surface area contributed by atoms with Gasteiger partial charge < -0.3 is 10.1 Å². The number of fused-ring (bicyclic) bond motifs is 1. The molecule has 144 valence electrons. The number of anilines is 1. The Kier molecular flexibility index (Phi) is 4.90. The van der Waals surface area contributed by atoms with Crippen LogP contribution < -0.4 is 14.4 Å². The first-order valence-corrected chi connectivity index (χ1v) is 10.5. The Hall–Kier alpha value is -2.54. The van der Waals surface area contributed by atoms with Crippen LogP contribution in [0.2, 0.25) is 0 Å². The standard InChI is InChI=1S/C20H24N2O4S/c1-20(2)13-17(16-7-5-6-8-18(16)26-20)21-19(23)14-9-11-15(12-10-14)22(3)27(4,24)25/h5-12,17H,13H2,1-4H3,(H,21,23)/t17-/m1/s1. The van der Waals surface area contributed by atoms with Crippen LogP contribution in [0.1, 0.15) is 42.2 Å². The van der Waals surface area contributed by atoms with Crippen LogP contribution in [0.15, 0.2) is 48.5 Å². The maximum atomic E-state index is 12.7. The van der Waals surface area contributed by atoms with Gasteiger partial charge in [0.2, 0.25) is 10.0 Å². The van der Waals surface area contributed by atoms with Crippen LogP contribution in [-0.4, -0.2) is 33.2 Å². The number of benzene rings is 2. The molecular weight excluding hydrogens is 364 g/mol. The van der Waals surface area contributed by atoms with Crippen molar-refractivity contribution in [3.05, 3.63) is 59.7 Å². The van der Waals surface area contributed by atoms with Gasteiger partial charge in [-0.15, -0.1) is 0 Å². The predicted octanol–water partition coefficient (Wildman–Crippen LogP) is 3.11. The Morgan fingerprint density at radius 1 is 1.15 bits per heavy atom. The number of rotatable bonds is 4. The van der Waals surface area contributed by atoms with E-state index < -0.39 is 10.0 Å². The first kappa shape index (κ1) is 19.2. The molecule has 0 bridgehead atoms. The molecule has 2 aromatic rings. The minimum atomic E-state index is -3.34. The lowest BCUT2D eigenvalue weighted by molar-refractivity contribution is 0.0619. The number of nitrogens with one attached hydrogen (secondary N) is 1. The third-order valence-corrected chi connectivity index (χ3v) is 5.88. The van der Waals surface area contributed by atoms with Gasteiger partial charge in [0.15, 0.2) is 0 Å². The van der Waals surface area contributed by atoms with Crippen LogP contribution in [-0.2, 0) is 10.0 Å². The molecule has 0 saturated heterocycles. The predicted molar refractivity (Wildman–Crippen MR) is 106 cm³/mol. The highest BCUT2D eigenvalue weighted by molar-refractivity contribution is 7.92. The maximum absolute atomic E-state index is 12.7. The summed E-state index contributed by atoms with van der Waals surface area (Å²) >= 11 is 0. The fraction of sp³-hybridized carbons (Fsp3) is 0.350. The highest BCUT2D eigenvalue weighted by atomic mass is 32.2. The van der Waals surface area contributed by atoms with Crippen molar-refractivity contribution in [3.63, 3.8) is 0 Å². The van der Waals surface area contributed by atoms with E-state index >= 15 is 0 Å². The third kappa shape index (κ3) is 4.24. The second-order valence-electron chi connectivity index (χ2n) is 7.41. The van der Waals surface area contributed by atoms with Gasteiger partial charge in [-0.2, -0.15) is 0 Å². The molecule has 1 aliphatic heterocycles. The average molecular weight is 388 g/mol. The first-order valence-electron chi connectivity index (χ1n) is 8.70. The number of sulfonamides is 1. The van der Waals surface area contributed by atoms with E-state index in [1.165, 1.54) is 11.4 Å². The van der Waals surface area contributed by atoms with E-state index in [4.69, 9.17) is 4.74 Å².